The van der Waals surface area contributed by atoms with Crippen molar-refractivity contribution in [2.45, 2.75) is 20.3 Å². The van der Waals surface area contributed by atoms with Gasteiger partial charge in [-0.15, -0.1) is 0 Å². The molecule has 0 fully saturated rings. The van der Waals surface area contributed by atoms with Gasteiger partial charge in [0.2, 0.25) is 0 Å². The summed E-state index contributed by atoms with van der Waals surface area (Å²) in [5.74, 6) is -0.833. The Morgan fingerprint density at radius 1 is 1.48 bits per heavy atom. The highest BCUT2D eigenvalue weighted by Gasteiger charge is 2.25. The van der Waals surface area contributed by atoms with Crippen LogP contribution in [0, 0.1) is 21.8 Å². The number of nitrogens with zero attached hydrogens (tertiary/aromatic N) is 2. The summed E-state index contributed by atoms with van der Waals surface area (Å²) in [6.45, 7) is 4.54. The molecule has 1 amide bonds. The largest absolute Gasteiger partial charge is 0.386 e. The summed E-state index contributed by atoms with van der Waals surface area (Å²) >= 11 is 0. The molecule has 116 valence electrons. The monoisotopic (exact) mass is 297 g/mol. The van der Waals surface area contributed by atoms with Gasteiger partial charge in [-0.25, -0.2) is 4.39 Å². The number of rotatable bonds is 6. The highest BCUT2D eigenvalue weighted by Crippen LogP contribution is 2.27. The highest BCUT2D eigenvalue weighted by atomic mass is 19.1. The number of hydrogen-bond donors (Lipinski definition) is 1. The molecule has 0 saturated carbocycles. The molecule has 0 bridgehead atoms. The zero-order valence-electron chi connectivity index (χ0n) is 12.6. The molecule has 7 heteroatoms. The molecular weight excluding hydrogens is 277 g/mol. The molecule has 1 rings (SSSR count). The van der Waals surface area contributed by atoms with Crippen LogP contribution in [-0.4, -0.2) is 36.4 Å². The van der Waals surface area contributed by atoms with Crippen molar-refractivity contribution in [1.82, 2.24) is 4.90 Å². The molecule has 0 aliphatic heterocycles. The third-order valence-corrected chi connectivity index (χ3v) is 3.17. The number of nitro benzene ring substituents is 1. The van der Waals surface area contributed by atoms with Crippen LogP contribution in [0.25, 0.3) is 0 Å². The molecule has 0 aliphatic rings. The van der Waals surface area contributed by atoms with Gasteiger partial charge >= 0.3 is 0 Å². The van der Waals surface area contributed by atoms with Gasteiger partial charge < -0.3 is 10.2 Å². The maximum absolute atomic E-state index is 13.6. The van der Waals surface area contributed by atoms with E-state index in [2.05, 4.69) is 5.32 Å². The van der Waals surface area contributed by atoms with Crippen molar-refractivity contribution in [3.63, 3.8) is 0 Å². The fourth-order valence-electron chi connectivity index (χ4n) is 1.84. The van der Waals surface area contributed by atoms with E-state index in [1.807, 2.05) is 13.8 Å². The molecule has 1 aromatic carbocycles. The number of nitro groups is 1. The van der Waals surface area contributed by atoms with Gasteiger partial charge in [0, 0.05) is 20.6 Å². The maximum atomic E-state index is 13.6. The lowest BCUT2D eigenvalue weighted by Crippen LogP contribution is -2.29. The first-order valence-electron chi connectivity index (χ1n) is 6.69. The Labute approximate surface area is 123 Å². The standard InChI is InChI=1S/C14H20FN3O3/c1-9(2)5-6-17(4)14(19)10-7-12(16-3)11(15)8-13(10)18(20)21/h7-9,16H,5-6H2,1-4H3. The van der Waals surface area contributed by atoms with E-state index in [0.717, 1.165) is 12.5 Å². The van der Waals surface area contributed by atoms with Gasteiger partial charge in [-0.1, -0.05) is 13.8 Å². The zero-order chi connectivity index (χ0) is 16.2. The smallest absolute Gasteiger partial charge is 0.285 e. The minimum Gasteiger partial charge on any atom is -0.386 e. The first-order chi connectivity index (χ1) is 9.77. The van der Waals surface area contributed by atoms with Crippen LogP contribution in [0.15, 0.2) is 12.1 Å². The Balaban J connectivity index is 3.14. The molecule has 0 spiro atoms. The summed E-state index contributed by atoms with van der Waals surface area (Å²) in [6.07, 6.45) is 0.788. The van der Waals surface area contributed by atoms with Gasteiger partial charge in [-0.3, -0.25) is 14.9 Å². The normalized spacial score (nSPS) is 10.6. The van der Waals surface area contributed by atoms with Gasteiger partial charge in [-0.2, -0.15) is 0 Å². The SMILES string of the molecule is CNc1cc(C(=O)N(C)CCC(C)C)c([N+](=O)[O-])cc1F. The Kier molecular flexibility index (Phi) is 5.63. The van der Waals surface area contributed by atoms with Crippen molar-refractivity contribution in [2.24, 2.45) is 5.92 Å². The van der Waals surface area contributed by atoms with E-state index >= 15 is 0 Å². The van der Waals surface area contributed by atoms with Crippen molar-refractivity contribution in [2.75, 3.05) is 26.0 Å². The first-order valence-corrected chi connectivity index (χ1v) is 6.69. The lowest BCUT2D eigenvalue weighted by atomic mass is 10.1. The summed E-state index contributed by atoms with van der Waals surface area (Å²) in [7, 11) is 3.07. The van der Waals surface area contributed by atoms with Gasteiger partial charge in [-0.05, 0) is 18.4 Å². The van der Waals surface area contributed by atoms with E-state index in [0.29, 0.717) is 12.5 Å². The Morgan fingerprint density at radius 3 is 2.57 bits per heavy atom. The van der Waals surface area contributed by atoms with E-state index in [1.54, 1.807) is 7.05 Å². The van der Waals surface area contributed by atoms with Crippen molar-refractivity contribution in [1.29, 1.82) is 0 Å². The predicted molar refractivity (Wildman–Crippen MR) is 79.0 cm³/mol. The summed E-state index contributed by atoms with van der Waals surface area (Å²) in [4.78, 5) is 24.0. The number of benzene rings is 1. The summed E-state index contributed by atoms with van der Waals surface area (Å²) in [5, 5.41) is 13.6. The summed E-state index contributed by atoms with van der Waals surface area (Å²) < 4.78 is 13.6. The molecule has 0 unspecified atom stereocenters. The molecule has 0 atom stereocenters. The van der Waals surface area contributed by atoms with Gasteiger partial charge in [0.15, 0.2) is 5.82 Å². The topological polar surface area (TPSA) is 75.5 Å². The van der Waals surface area contributed by atoms with Crippen molar-refractivity contribution in [3.8, 4) is 0 Å². The van der Waals surface area contributed by atoms with Crippen molar-refractivity contribution in [3.05, 3.63) is 33.6 Å². The van der Waals surface area contributed by atoms with Crippen LogP contribution < -0.4 is 5.32 Å². The van der Waals surface area contributed by atoms with E-state index in [4.69, 9.17) is 0 Å². The third kappa shape index (κ3) is 4.14. The molecule has 6 nitrogen and oxygen atoms in total. The quantitative estimate of drug-likeness (QED) is 0.647. The molecule has 0 saturated heterocycles. The summed E-state index contributed by atoms with van der Waals surface area (Å²) in [5.41, 5.74) is -0.578. The zero-order valence-corrected chi connectivity index (χ0v) is 12.6. The van der Waals surface area contributed by atoms with Crippen LogP contribution in [0.5, 0.6) is 0 Å². The number of nitrogens with one attached hydrogen (secondary N) is 1. The molecular formula is C14H20FN3O3. The second-order valence-corrected chi connectivity index (χ2v) is 5.27. The van der Waals surface area contributed by atoms with Crippen LogP contribution in [0.3, 0.4) is 0 Å². The van der Waals surface area contributed by atoms with E-state index in [-0.39, 0.29) is 11.3 Å². The lowest BCUT2D eigenvalue weighted by Gasteiger charge is -2.18. The predicted octanol–water partition coefficient (Wildman–Crippen LogP) is 2.89. The number of carbonyl (C=O) groups excluding carboxylic acids is 1. The van der Waals surface area contributed by atoms with Crippen LogP contribution in [0.1, 0.15) is 30.6 Å². The van der Waals surface area contributed by atoms with E-state index in [9.17, 15) is 19.3 Å². The molecule has 0 aromatic heterocycles. The van der Waals surface area contributed by atoms with Crippen molar-refractivity contribution < 1.29 is 14.1 Å². The molecule has 1 N–H and O–H groups in total. The first kappa shape index (κ1) is 16.9. The van der Waals surface area contributed by atoms with Crippen LogP contribution in [0.2, 0.25) is 0 Å². The number of carbonyl (C=O) groups is 1. The average Bonchev–Trinajstić information content (AvgIpc) is 2.43. The Morgan fingerprint density at radius 2 is 2.10 bits per heavy atom. The molecule has 1 aromatic rings. The second kappa shape index (κ2) is 7.01. The van der Waals surface area contributed by atoms with Gasteiger partial charge in [0.1, 0.15) is 5.56 Å². The number of hydrogen-bond acceptors (Lipinski definition) is 4. The minimum atomic E-state index is -0.759. The number of amides is 1. The average molecular weight is 297 g/mol. The lowest BCUT2D eigenvalue weighted by molar-refractivity contribution is -0.385. The molecule has 0 heterocycles. The fourth-order valence-corrected chi connectivity index (χ4v) is 1.84. The minimum absolute atomic E-state index is 0.0567. The van der Waals surface area contributed by atoms with E-state index < -0.39 is 22.3 Å². The number of anilines is 1. The van der Waals surface area contributed by atoms with Crippen LogP contribution in [-0.2, 0) is 0 Å². The highest BCUT2D eigenvalue weighted by molar-refractivity contribution is 5.99. The molecule has 21 heavy (non-hydrogen) atoms. The van der Waals surface area contributed by atoms with Crippen LogP contribution in [0.4, 0.5) is 15.8 Å². The Hall–Kier alpha value is -2.18. The molecule has 0 aliphatic carbocycles. The van der Waals surface area contributed by atoms with Crippen LogP contribution >= 0.6 is 0 Å². The van der Waals surface area contributed by atoms with Crippen molar-refractivity contribution >= 4 is 17.3 Å². The summed E-state index contributed by atoms with van der Waals surface area (Å²) in [6, 6.07) is 1.96. The van der Waals surface area contributed by atoms with Gasteiger partial charge in [0.25, 0.3) is 11.6 Å². The Bertz CT molecular complexity index is 547. The third-order valence-electron chi connectivity index (χ3n) is 3.17. The maximum Gasteiger partial charge on any atom is 0.285 e. The second-order valence-electron chi connectivity index (χ2n) is 5.27. The number of halogens is 1. The molecule has 0 radical (unpaired) electrons. The van der Waals surface area contributed by atoms with Gasteiger partial charge in [0.05, 0.1) is 16.7 Å². The van der Waals surface area contributed by atoms with E-state index in [1.165, 1.54) is 18.0 Å². The fraction of sp³-hybridized carbons (Fsp3) is 0.500.